The number of carboxylic acids is 1. The van der Waals surface area contributed by atoms with Crippen molar-refractivity contribution >= 4 is 23.7 Å². The largest absolute Gasteiger partial charge is 0.480 e. The SMILES string of the molecule is Nc1cc(CC2C(=O)N(C(=O)NC(C3CCCCC3)C(F)(F)F)C2C(=O)O)ccn1. The van der Waals surface area contributed by atoms with Crippen molar-refractivity contribution in [2.24, 2.45) is 11.8 Å². The Balaban J connectivity index is 1.74. The van der Waals surface area contributed by atoms with Crippen LogP contribution >= 0.6 is 0 Å². The Hall–Kier alpha value is -2.85. The highest BCUT2D eigenvalue weighted by atomic mass is 19.4. The molecule has 4 N–H and O–H groups in total. The van der Waals surface area contributed by atoms with Crippen LogP contribution in [0.15, 0.2) is 18.3 Å². The molecule has 1 aromatic rings. The van der Waals surface area contributed by atoms with E-state index in [2.05, 4.69) is 4.98 Å². The molecule has 1 aliphatic heterocycles. The van der Waals surface area contributed by atoms with Crippen LogP contribution in [-0.2, 0) is 16.0 Å². The van der Waals surface area contributed by atoms with Gasteiger partial charge in [-0.05, 0) is 42.9 Å². The molecule has 3 atom stereocenters. The summed E-state index contributed by atoms with van der Waals surface area (Å²) in [4.78, 5) is 40.8. The van der Waals surface area contributed by atoms with Gasteiger partial charge >= 0.3 is 18.2 Å². The lowest BCUT2D eigenvalue weighted by molar-refractivity contribution is -0.172. The zero-order valence-electron chi connectivity index (χ0n) is 16.1. The molecule has 1 aromatic heterocycles. The number of amides is 3. The molecule has 1 saturated heterocycles. The number of nitrogens with two attached hydrogens (primary N) is 1. The van der Waals surface area contributed by atoms with Gasteiger partial charge in [0.25, 0.3) is 0 Å². The van der Waals surface area contributed by atoms with Gasteiger partial charge in [-0.25, -0.2) is 19.5 Å². The van der Waals surface area contributed by atoms with Crippen LogP contribution in [0.2, 0.25) is 0 Å². The standard InChI is InChI=1S/C19H23F3N4O4/c20-19(21,22)15(11-4-2-1-3-5-11)25-18(30)26-14(17(28)29)12(16(26)27)8-10-6-7-24-13(23)9-10/h6-7,9,11-12,14-15H,1-5,8H2,(H2,23,24)(H,25,30)(H,28,29). The number of pyridine rings is 1. The summed E-state index contributed by atoms with van der Waals surface area (Å²) < 4.78 is 40.7. The number of aliphatic carboxylic acids is 1. The van der Waals surface area contributed by atoms with Crippen molar-refractivity contribution in [2.45, 2.75) is 56.8 Å². The topological polar surface area (TPSA) is 126 Å². The van der Waals surface area contributed by atoms with Crippen molar-refractivity contribution < 1.29 is 32.7 Å². The Labute approximate surface area is 170 Å². The summed E-state index contributed by atoms with van der Waals surface area (Å²) in [6.07, 6.45) is -0.598. The summed E-state index contributed by atoms with van der Waals surface area (Å²) >= 11 is 0. The van der Waals surface area contributed by atoms with Gasteiger partial charge in [-0.2, -0.15) is 13.2 Å². The summed E-state index contributed by atoms with van der Waals surface area (Å²) in [5.41, 5.74) is 6.12. The number of urea groups is 1. The summed E-state index contributed by atoms with van der Waals surface area (Å²) in [5, 5.41) is 11.4. The molecule has 30 heavy (non-hydrogen) atoms. The van der Waals surface area contributed by atoms with Crippen LogP contribution in [0.5, 0.6) is 0 Å². The molecule has 0 bridgehead atoms. The minimum absolute atomic E-state index is 0.0162. The van der Waals surface area contributed by atoms with Gasteiger partial charge in [0.2, 0.25) is 5.91 Å². The predicted molar refractivity (Wildman–Crippen MR) is 99.1 cm³/mol. The molecule has 0 aromatic carbocycles. The van der Waals surface area contributed by atoms with Gasteiger partial charge in [0.1, 0.15) is 11.9 Å². The number of nitrogens with zero attached hydrogens (tertiary/aromatic N) is 2. The van der Waals surface area contributed by atoms with E-state index in [1.54, 1.807) is 6.07 Å². The molecule has 1 aliphatic carbocycles. The zero-order valence-corrected chi connectivity index (χ0v) is 16.1. The third-order valence-electron chi connectivity index (χ3n) is 5.74. The zero-order chi connectivity index (χ0) is 22.1. The molecule has 164 valence electrons. The summed E-state index contributed by atoms with van der Waals surface area (Å²) in [7, 11) is 0. The Kier molecular flexibility index (Phi) is 6.18. The first kappa shape index (κ1) is 21.8. The number of anilines is 1. The van der Waals surface area contributed by atoms with Gasteiger partial charge in [0, 0.05) is 6.20 Å². The van der Waals surface area contributed by atoms with E-state index in [9.17, 15) is 32.7 Å². The number of alkyl halides is 3. The molecule has 11 heteroatoms. The molecular formula is C19H23F3N4O4. The smallest absolute Gasteiger partial charge is 0.408 e. The maximum absolute atomic E-state index is 13.6. The maximum atomic E-state index is 13.6. The number of carbonyl (C=O) groups excluding carboxylic acids is 2. The molecule has 0 radical (unpaired) electrons. The first-order valence-corrected chi connectivity index (χ1v) is 9.73. The molecule has 3 rings (SSSR count). The van der Waals surface area contributed by atoms with E-state index in [1.807, 2.05) is 5.32 Å². The van der Waals surface area contributed by atoms with E-state index in [-0.39, 0.29) is 12.2 Å². The minimum Gasteiger partial charge on any atom is -0.480 e. The number of rotatable bonds is 5. The van der Waals surface area contributed by atoms with Gasteiger partial charge in [-0.3, -0.25) is 4.79 Å². The van der Waals surface area contributed by atoms with Gasteiger partial charge in [-0.15, -0.1) is 0 Å². The molecular weight excluding hydrogens is 405 g/mol. The lowest BCUT2D eigenvalue weighted by atomic mass is 9.82. The van der Waals surface area contributed by atoms with Crippen LogP contribution in [0.25, 0.3) is 0 Å². The fourth-order valence-electron chi connectivity index (χ4n) is 4.27. The van der Waals surface area contributed by atoms with Gasteiger partial charge < -0.3 is 16.2 Å². The van der Waals surface area contributed by atoms with Crippen LogP contribution in [0, 0.1) is 11.8 Å². The second-order valence-corrected chi connectivity index (χ2v) is 7.76. The van der Waals surface area contributed by atoms with Crippen molar-refractivity contribution in [1.29, 1.82) is 0 Å². The fourth-order valence-corrected chi connectivity index (χ4v) is 4.27. The Morgan fingerprint density at radius 2 is 1.97 bits per heavy atom. The number of likely N-dealkylation sites (tertiary alicyclic amines) is 1. The van der Waals surface area contributed by atoms with Crippen molar-refractivity contribution in [2.75, 3.05) is 5.73 Å². The molecule has 2 heterocycles. The molecule has 2 fully saturated rings. The van der Waals surface area contributed by atoms with E-state index in [1.165, 1.54) is 12.3 Å². The highest BCUT2D eigenvalue weighted by Gasteiger charge is 2.56. The summed E-state index contributed by atoms with van der Waals surface area (Å²) in [5.74, 6) is -3.98. The Morgan fingerprint density at radius 3 is 2.53 bits per heavy atom. The number of carboxylic acid groups (broad SMARTS) is 1. The summed E-state index contributed by atoms with van der Waals surface area (Å²) in [6.45, 7) is 0. The van der Waals surface area contributed by atoms with Crippen LogP contribution in [0.1, 0.15) is 37.7 Å². The van der Waals surface area contributed by atoms with Crippen LogP contribution < -0.4 is 11.1 Å². The molecule has 8 nitrogen and oxygen atoms in total. The molecule has 2 aliphatic rings. The lowest BCUT2D eigenvalue weighted by Gasteiger charge is -2.44. The van der Waals surface area contributed by atoms with E-state index in [0.717, 1.165) is 6.42 Å². The highest BCUT2D eigenvalue weighted by Crippen LogP contribution is 2.36. The third kappa shape index (κ3) is 4.49. The first-order valence-electron chi connectivity index (χ1n) is 9.73. The third-order valence-corrected chi connectivity index (χ3v) is 5.74. The normalized spacial score (nSPS) is 23.6. The van der Waals surface area contributed by atoms with E-state index in [4.69, 9.17) is 5.73 Å². The van der Waals surface area contributed by atoms with Gasteiger partial charge in [-0.1, -0.05) is 19.3 Å². The van der Waals surface area contributed by atoms with Gasteiger partial charge in [0.15, 0.2) is 6.04 Å². The monoisotopic (exact) mass is 428 g/mol. The number of aromatic nitrogens is 1. The average molecular weight is 428 g/mol. The second kappa shape index (κ2) is 8.49. The lowest BCUT2D eigenvalue weighted by Crippen LogP contribution is -2.70. The average Bonchev–Trinajstić information content (AvgIpc) is 2.67. The number of β-lactam (4-membered cyclic amide) rings is 1. The van der Waals surface area contributed by atoms with Gasteiger partial charge in [0.05, 0.1) is 5.92 Å². The molecule has 0 spiro atoms. The number of carbonyl (C=O) groups is 3. The number of hydrogen-bond acceptors (Lipinski definition) is 5. The summed E-state index contributed by atoms with van der Waals surface area (Å²) in [6, 6.07) is -1.98. The number of halogens is 3. The molecule has 3 amide bonds. The molecule has 1 saturated carbocycles. The Morgan fingerprint density at radius 1 is 1.30 bits per heavy atom. The highest BCUT2D eigenvalue weighted by molar-refractivity contribution is 6.07. The number of nitrogen functional groups attached to an aromatic ring is 1. The van der Waals surface area contributed by atoms with Crippen molar-refractivity contribution in [3.05, 3.63) is 23.9 Å². The predicted octanol–water partition coefficient (Wildman–Crippen LogP) is 2.34. The minimum atomic E-state index is -4.70. The van der Waals surface area contributed by atoms with E-state index >= 15 is 0 Å². The van der Waals surface area contributed by atoms with E-state index in [0.29, 0.717) is 36.1 Å². The fraction of sp³-hybridized carbons (Fsp3) is 0.579. The van der Waals surface area contributed by atoms with Crippen molar-refractivity contribution in [3.8, 4) is 0 Å². The van der Waals surface area contributed by atoms with E-state index < -0.39 is 48.0 Å². The number of imide groups is 1. The second-order valence-electron chi connectivity index (χ2n) is 7.76. The first-order chi connectivity index (χ1) is 14.1. The number of hydrogen-bond donors (Lipinski definition) is 3. The van der Waals surface area contributed by atoms with Crippen LogP contribution in [0.3, 0.4) is 0 Å². The number of nitrogens with one attached hydrogen (secondary N) is 1. The van der Waals surface area contributed by atoms with Crippen molar-refractivity contribution in [1.82, 2.24) is 15.2 Å². The van der Waals surface area contributed by atoms with Crippen molar-refractivity contribution in [3.63, 3.8) is 0 Å². The Bertz CT molecular complexity index is 826. The van der Waals surface area contributed by atoms with Crippen LogP contribution in [-0.4, -0.2) is 51.2 Å². The quantitative estimate of drug-likeness (QED) is 0.618. The molecule has 3 unspecified atom stereocenters. The van der Waals surface area contributed by atoms with Crippen LogP contribution in [0.4, 0.5) is 23.8 Å². The maximum Gasteiger partial charge on any atom is 0.408 e.